The van der Waals surface area contributed by atoms with Gasteiger partial charge in [-0.1, -0.05) is 20.8 Å². The Hall–Kier alpha value is -1.06. The summed E-state index contributed by atoms with van der Waals surface area (Å²) >= 11 is 0. The zero-order chi connectivity index (χ0) is 14.4. The Kier molecular flexibility index (Phi) is 6.36. The van der Waals surface area contributed by atoms with Crippen LogP contribution in [0.15, 0.2) is 0 Å². The highest BCUT2D eigenvalue weighted by Crippen LogP contribution is 2.22. The molecule has 0 rings (SSSR count). The largest absolute Gasteiger partial charge is 0.457 e. The molecule has 4 nitrogen and oxygen atoms in total. The van der Waals surface area contributed by atoms with Gasteiger partial charge in [0.05, 0.1) is 5.41 Å². The average molecular weight is 258 g/mol. The lowest BCUT2D eigenvalue weighted by atomic mass is 9.91. The van der Waals surface area contributed by atoms with Gasteiger partial charge in [0.2, 0.25) is 0 Å². The lowest BCUT2D eigenvalue weighted by Crippen LogP contribution is -2.34. The smallest absolute Gasteiger partial charge is 0.344 e. The molecule has 0 bridgehead atoms. The fourth-order valence-corrected chi connectivity index (χ4v) is 1.16. The summed E-state index contributed by atoms with van der Waals surface area (Å²) in [6, 6.07) is 0. The highest BCUT2D eigenvalue weighted by atomic mass is 16.6. The molecule has 4 heteroatoms. The molecular weight excluding hydrogens is 232 g/mol. The average Bonchev–Trinajstić information content (AvgIpc) is 2.35. The molecule has 0 aliphatic carbocycles. The number of carbonyl (C=O) groups excluding carboxylic acids is 2. The molecule has 0 aromatic rings. The van der Waals surface area contributed by atoms with E-state index in [0.717, 1.165) is 12.8 Å². The van der Waals surface area contributed by atoms with E-state index in [1.54, 1.807) is 13.8 Å². The van der Waals surface area contributed by atoms with Crippen LogP contribution in [-0.4, -0.2) is 24.1 Å². The normalized spacial score (nSPS) is 12.1. The maximum atomic E-state index is 11.7. The summed E-state index contributed by atoms with van der Waals surface area (Å²) in [5.74, 6) is -0.849. The third-order valence-electron chi connectivity index (χ3n) is 3.61. The van der Waals surface area contributed by atoms with E-state index < -0.39 is 17.0 Å². The lowest BCUT2D eigenvalue weighted by Gasteiger charge is -2.27. The van der Waals surface area contributed by atoms with E-state index in [0.29, 0.717) is 6.42 Å². The minimum atomic E-state index is -0.556. The van der Waals surface area contributed by atoms with Crippen LogP contribution in [0.1, 0.15) is 60.8 Å². The fraction of sp³-hybridized carbons (Fsp3) is 0.857. The highest BCUT2D eigenvalue weighted by molar-refractivity contribution is 5.79. The minimum absolute atomic E-state index is 0.308. The van der Waals surface area contributed by atoms with Gasteiger partial charge in [0.1, 0.15) is 5.60 Å². The molecule has 0 aliphatic rings. The van der Waals surface area contributed by atoms with Crippen LogP contribution in [-0.2, 0) is 19.1 Å². The topological polar surface area (TPSA) is 52.6 Å². The number of hydrogen-bond acceptors (Lipinski definition) is 4. The summed E-state index contributed by atoms with van der Waals surface area (Å²) in [5, 5.41) is 0. The zero-order valence-corrected chi connectivity index (χ0v) is 12.5. The Balaban J connectivity index is 4.24. The van der Waals surface area contributed by atoms with Gasteiger partial charge in [0.15, 0.2) is 6.61 Å². The third kappa shape index (κ3) is 5.07. The highest BCUT2D eigenvalue weighted by Gasteiger charge is 2.29. The van der Waals surface area contributed by atoms with Gasteiger partial charge in [0, 0.05) is 0 Å². The first-order valence-electron chi connectivity index (χ1n) is 6.59. The van der Waals surface area contributed by atoms with Crippen LogP contribution in [0.3, 0.4) is 0 Å². The van der Waals surface area contributed by atoms with Crippen molar-refractivity contribution < 1.29 is 19.1 Å². The summed E-state index contributed by atoms with van der Waals surface area (Å²) in [4.78, 5) is 23.3. The molecule has 0 heterocycles. The molecule has 0 aromatic carbocycles. The number of esters is 2. The second-order valence-electron chi connectivity index (χ2n) is 5.44. The molecule has 0 amide bonds. The van der Waals surface area contributed by atoms with E-state index >= 15 is 0 Å². The monoisotopic (exact) mass is 258 g/mol. The van der Waals surface area contributed by atoms with Crippen LogP contribution in [0.2, 0.25) is 0 Å². The van der Waals surface area contributed by atoms with Crippen molar-refractivity contribution >= 4 is 11.9 Å². The van der Waals surface area contributed by atoms with Gasteiger partial charge in [0.25, 0.3) is 0 Å². The summed E-state index contributed by atoms with van der Waals surface area (Å²) in [7, 11) is 0. The first-order chi connectivity index (χ1) is 8.20. The maximum absolute atomic E-state index is 11.7. The molecule has 0 spiro atoms. The van der Waals surface area contributed by atoms with Crippen molar-refractivity contribution in [3.63, 3.8) is 0 Å². The van der Waals surface area contributed by atoms with Gasteiger partial charge in [-0.3, -0.25) is 4.79 Å². The zero-order valence-electron chi connectivity index (χ0n) is 12.5. The molecule has 0 saturated carbocycles. The first-order valence-corrected chi connectivity index (χ1v) is 6.59. The van der Waals surface area contributed by atoms with Gasteiger partial charge >= 0.3 is 11.9 Å². The summed E-state index contributed by atoms with van der Waals surface area (Å²) in [6.45, 7) is 11.0. The van der Waals surface area contributed by atoms with Crippen molar-refractivity contribution in [3.05, 3.63) is 0 Å². The van der Waals surface area contributed by atoms with Gasteiger partial charge < -0.3 is 9.47 Å². The SMILES string of the molecule is CCC(C)(CC)OC(=O)COC(=O)C(C)(C)CC. The minimum Gasteiger partial charge on any atom is -0.457 e. The molecule has 0 atom stereocenters. The van der Waals surface area contributed by atoms with Gasteiger partial charge in [-0.25, -0.2) is 4.79 Å². The van der Waals surface area contributed by atoms with E-state index in [1.165, 1.54) is 0 Å². The molecule has 0 unspecified atom stereocenters. The quantitative estimate of drug-likeness (QED) is 0.658. The maximum Gasteiger partial charge on any atom is 0.344 e. The predicted molar refractivity (Wildman–Crippen MR) is 70.1 cm³/mol. The second-order valence-corrected chi connectivity index (χ2v) is 5.44. The van der Waals surface area contributed by atoms with Crippen molar-refractivity contribution in [2.75, 3.05) is 6.61 Å². The molecule has 0 saturated heterocycles. The molecule has 18 heavy (non-hydrogen) atoms. The van der Waals surface area contributed by atoms with Crippen LogP contribution in [0.4, 0.5) is 0 Å². The predicted octanol–water partition coefficient (Wildman–Crippen LogP) is 3.09. The Bertz CT molecular complexity index is 290. The Morgan fingerprint density at radius 1 is 0.944 bits per heavy atom. The lowest BCUT2D eigenvalue weighted by molar-refractivity contribution is -0.173. The Morgan fingerprint density at radius 3 is 1.83 bits per heavy atom. The van der Waals surface area contributed by atoms with Gasteiger partial charge in [-0.2, -0.15) is 0 Å². The molecular formula is C14H26O4. The Labute approximate surface area is 110 Å². The van der Waals surface area contributed by atoms with Crippen molar-refractivity contribution in [1.82, 2.24) is 0 Å². The number of rotatable bonds is 7. The van der Waals surface area contributed by atoms with E-state index in [1.807, 2.05) is 27.7 Å². The standard InChI is InChI=1S/C14H26O4/c1-7-13(4,5)12(16)17-10-11(15)18-14(6,8-2)9-3/h7-10H2,1-6H3. The van der Waals surface area contributed by atoms with Gasteiger partial charge in [-0.15, -0.1) is 0 Å². The summed E-state index contributed by atoms with van der Waals surface area (Å²) < 4.78 is 10.3. The molecule has 0 aliphatic heterocycles. The Morgan fingerprint density at radius 2 is 1.44 bits per heavy atom. The van der Waals surface area contributed by atoms with E-state index in [2.05, 4.69) is 0 Å². The number of ether oxygens (including phenoxy) is 2. The summed E-state index contributed by atoms with van der Waals surface area (Å²) in [5.41, 5.74) is -1.02. The molecule has 0 aromatic heterocycles. The number of hydrogen-bond donors (Lipinski definition) is 0. The van der Waals surface area contributed by atoms with Crippen LogP contribution >= 0.6 is 0 Å². The van der Waals surface area contributed by atoms with Gasteiger partial charge in [-0.05, 0) is 40.0 Å². The molecule has 0 N–H and O–H groups in total. The van der Waals surface area contributed by atoms with Crippen LogP contribution in [0.5, 0.6) is 0 Å². The third-order valence-corrected chi connectivity index (χ3v) is 3.61. The fourth-order valence-electron chi connectivity index (χ4n) is 1.16. The number of carbonyl (C=O) groups is 2. The van der Waals surface area contributed by atoms with Crippen molar-refractivity contribution in [1.29, 1.82) is 0 Å². The van der Waals surface area contributed by atoms with Crippen LogP contribution in [0, 0.1) is 5.41 Å². The molecule has 0 fully saturated rings. The van der Waals surface area contributed by atoms with E-state index in [-0.39, 0.29) is 12.6 Å². The van der Waals surface area contributed by atoms with Crippen molar-refractivity contribution in [2.24, 2.45) is 5.41 Å². The molecule has 106 valence electrons. The van der Waals surface area contributed by atoms with Crippen molar-refractivity contribution in [2.45, 2.75) is 66.4 Å². The second kappa shape index (κ2) is 6.76. The molecule has 0 radical (unpaired) electrons. The first kappa shape index (κ1) is 16.9. The van der Waals surface area contributed by atoms with Crippen LogP contribution in [0.25, 0.3) is 0 Å². The van der Waals surface area contributed by atoms with E-state index in [4.69, 9.17) is 9.47 Å². The van der Waals surface area contributed by atoms with Crippen molar-refractivity contribution in [3.8, 4) is 0 Å². The van der Waals surface area contributed by atoms with Crippen LogP contribution < -0.4 is 0 Å². The van der Waals surface area contributed by atoms with E-state index in [9.17, 15) is 9.59 Å². The summed E-state index contributed by atoms with van der Waals surface area (Å²) in [6.07, 6.45) is 2.15.